The number of nitrogens with zero attached hydrogens (tertiary/aromatic N) is 6. The second kappa shape index (κ2) is 15.0. The van der Waals surface area contributed by atoms with Crippen molar-refractivity contribution < 1.29 is 70.1 Å². The van der Waals surface area contributed by atoms with E-state index in [1.165, 1.54) is 23.2 Å². The van der Waals surface area contributed by atoms with Crippen LogP contribution >= 0.6 is 33.0 Å². The van der Waals surface area contributed by atoms with Gasteiger partial charge in [0, 0.05) is 24.5 Å². The van der Waals surface area contributed by atoms with Crippen LogP contribution in [0, 0.1) is 0 Å². The van der Waals surface area contributed by atoms with Crippen LogP contribution in [0.4, 0.5) is 11.6 Å². The normalized spacial score (nSPS) is 28.9. The Balaban J connectivity index is 1.03. The highest BCUT2D eigenvalue weighted by Gasteiger charge is 2.56. The number of fused-ring (bicyclic) bond motifs is 1. The Morgan fingerprint density at radius 2 is 1.30 bits per heavy atom. The molecule has 4 unspecified atom stereocenters. The van der Waals surface area contributed by atoms with Crippen LogP contribution in [0.3, 0.4) is 0 Å². The second-order valence-corrected chi connectivity index (χ2v) is 13.7. The lowest BCUT2D eigenvalue weighted by molar-refractivity contribution is -0.0515. The Kier molecular flexibility index (Phi) is 11.3. The lowest BCUT2D eigenvalue weighted by atomic mass is 10.1. The van der Waals surface area contributed by atoms with E-state index in [1.54, 1.807) is 0 Å². The van der Waals surface area contributed by atoms with Gasteiger partial charge in [0.1, 0.15) is 67.5 Å². The minimum atomic E-state index is -3.46. The van der Waals surface area contributed by atoms with E-state index < -0.39 is 101 Å². The second-order valence-electron chi connectivity index (χ2n) is 9.45. The highest BCUT2D eigenvalue weighted by atomic mass is 31.2. The summed E-state index contributed by atoms with van der Waals surface area (Å²) in [6, 6.07) is 1.25. The predicted octanol–water partition coefficient (Wildman–Crippen LogP) is -0.801. The van der Waals surface area contributed by atoms with Gasteiger partial charge in [-0.15, -0.1) is 9.05 Å². The number of rotatable bonds is 14. The Morgan fingerprint density at radius 3 is 1.85 bits per heavy atom. The molecule has 0 amide bonds. The first-order valence-electron chi connectivity index (χ1n) is 12.8. The van der Waals surface area contributed by atoms with Crippen molar-refractivity contribution in [1.29, 1.82) is 0 Å². The summed E-state index contributed by atoms with van der Waals surface area (Å²) in [7, 11) is -13.4. The molecule has 28 heteroatoms. The average molecular weight is 744 g/mol. The standard InChI is InChI=1S/C19H23N8O16P4/c20-9-1-2-26(19(32)25-9)17-13(30)11(28)7(39-17)3-37-44(33)41-46(35)43-47(36)42-45(34)38-4-8-12(29)14(31)18(40-8)27-6-24-10-15(21)22-5-23-16(10)27/h1-2,5-8,11-14,17-18,28-31H,3-4H2,(H3-,20,21,22,23,25,32)/q+3/p+1/t7-,8+,11-,12+,13-,14+,17-,18+/m1/s1. The molecule has 8 N–H and O–H groups in total. The fourth-order valence-electron chi connectivity index (χ4n) is 4.38. The van der Waals surface area contributed by atoms with Crippen molar-refractivity contribution in [3.8, 4) is 0 Å². The molecule has 47 heavy (non-hydrogen) atoms. The highest BCUT2D eigenvalue weighted by Crippen LogP contribution is 2.51. The molecule has 0 saturated carbocycles. The van der Waals surface area contributed by atoms with E-state index in [-0.39, 0.29) is 22.8 Å². The van der Waals surface area contributed by atoms with Gasteiger partial charge in [0.2, 0.25) is 0 Å². The number of hydrogen-bond acceptors (Lipinski definition) is 22. The zero-order valence-corrected chi connectivity index (χ0v) is 26.7. The number of nitrogen functional groups attached to an aromatic ring is 2. The third-order valence-electron chi connectivity index (χ3n) is 6.55. The molecule has 0 bridgehead atoms. The van der Waals surface area contributed by atoms with Crippen molar-refractivity contribution in [1.82, 2.24) is 29.1 Å². The molecule has 0 radical (unpaired) electrons. The molecule has 0 spiro atoms. The SMILES string of the molecule is Nc1ccn([C@@H]2O[C@H](CO[P+](=O)O[P+](=O)O[P+](=O)O[P+](=O)OC[C@@H]3O[C@H](n4cnc5c(N)ncnc54)[C@@H](O)[C@H]3O)[C@@H](O)[C@H]2O)c(=O)n1. The number of aliphatic hydroxyl groups is 4. The lowest BCUT2D eigenvalue weighted by Gasteiger charge is -2.16. The van der Waals surface area contributed by atoms with Gasteiger partial charge in [-0.3, -0.25) is 9.13 Å². The lowest BCUT2D eigenvalue weighted by Crippen LogP contribution is -2.36. The number of nitrogens with two attached hydrogens (primary N) is 2. The summed E-state index contributed by atoms with van der Waals surface area (Å²) < 4.78 is 84.0. The molecule has 12 atom stereocenters. The largest absolute Gasteiger partial charge is 0.798 e. The smallest absolute Gasteiger partial charge is 0.387 e. The van der Waals surface area contributed by atoms with Gasteiger partial charge >= 0.3 is 38.7 Å². The monoisotopic (exact) mass is 744 g/mol. The van der Waals surface area contributed by atoms with E-state index in [0.29, 0.717) is 0 Å². The highest BCUT2D eigenvalue weighted by molar-refractivity contribution is 7.56. The van der Waals surface area contributed by atoms with Gasteiger partial charge in [0.15, 0.2) is 36.9 Å². The number of anilines is 2. The molecule has 0 aliphatic carbocycles. The minimum Gasteiger partial charge on any atom is -0.387 e. The maximum Gasteiger partial charge on any atom is 0.798 e. The molecule has 5 heterocycles. The number of ether oxygens (including phenoxy) is 2. The zero-order valence-electron chi connectivity index (χ0n) is 23.2. The third-order valence-corrected chi connectivity index (χ3v) is 10.5. The summed E-state index contributed by atoms with van der Waals surface area (Å²) in [5.41, 5.74) is 10.7. The molecule has 0 aromatic carbocycles. The van der Waals surface area contributed by atoms with Crippen LogP contribution < -0.4 is 17.2 Å². The van der Waals surface area contributed by atoms with E-state index in [0.717, 1.165) is 10.9 Å². The Morgan fingerprint density at radius 1 is 0.766 bits per heavy atom. The molecular weight excluding hydrogens is 720 g/mol. The summed E-state index contributed by atoms with van der Waals surface area (Å²) in [4.78, 5) is 27.4. The number of imidazole rings is 1. The molecule has 3 aromatic heterocycles. The maximum absolute atomic E-state index is 12.1. The summed E-state index contributed by atoms with van der Waals surface area (Å²) >= 11 is 0. The van der Waals surface area contributed by atoms with Gasteiger partial charge in [-0.2, -0.15) is 4.98 Å². The number of hydrogen-bond donors (Lipinski definition) is 6. The predicted molar refractivity (Wildman–Crippen MR) is 150 cm³/mol. The van der Waals surface area contributed by atoms with Crippen LogP contribution in [0.5, 0.6) is 0 Å². The first-order chi connectivity index (χ1) is 22.3. The van der Waals surface area contributed by atoms with E-state index in [2.05, 4.69) is 32.9 Å². The van der Waals surface area contributed by atoms with E-state index in [9.17, 15) is 43.5 Å². The Hall–Kier alpha value is -3.01. The van der Waals surface area contributed by atoms with E-state index in [4.69, 9.17) is 30.0 Å². The molecule has 252 valence electrons. The molecule has 2 saturated heterocycles. The zero-order chi connectivity index (χ0) is 34.0. The van der Waals surface area contributed by atoms with Gasteiger partial charge in [-0.25, -0.2) is 19.7 Å². The molecular formula is C19H24N8O16P4+4. The summed E-state index contributed by atoms with van der Waals surface area (Å²) in [5, 5.41) is 41.3. The third kappa shape index (κ3) is 8.01. The fourth-order valence-corrected chi connectivity index (χ4v) is 7.37. The molecule has 2 fully saturated rings. The van der Waals surface area contributed by atoms with Crippen molar-refractivity contribution in [2.45, 2.75) is 49.1 Å². The van der Waals surface area contributed by atoms with Crippen LogP contribution in [0.2, 0.25) is 0 Å². The molecule has 24 nitrogen and oxygen atoms in total. The van der Waals surface area contributed by atoms with Crippen LogP contribution in [-0.4, -0.2) is 99.3 Å². The van der Waals surface area contributed by atoms with Gasteiger partial charge in [-0.1, -0.05) is 0 Å². The van der Waals surface area contributed by atoms with Crippen molar-refractivity contribution >= 4 is 55.8 Å². The van der Waals surface area contributed by atoms with Crippen molar-refractivity contribution in [3.63, 3.8) is 0 Å². The quantitative estimate of drug-likeness (QED) is 0.110. The van der Waals surface area contributed by atoms with Crippen molar-refractivity contribution in [2.24, 2.45) is 0 Å². The van der Waals surface area contributed by atoms with Crippen LogP contribution in [0.15, 0.2) is 29.7 Å². The molecule has 3 aromatic rings. The minimum absolute atomic E-state index is 0.0695. The summed E-state index contributed by atoms with van der Waals surface area (Å²) in [6.07, 6.45) is -7.94. The van der Waals surface area contributed by atoms with E-state index in [1.807, 2.05) is 0 Å². The summed E-state index contributed by atoms with van der Waals surface area (Å²) in [6.45, 7) is -1.34. The topological polar surface area (TPSA) is 344 Å². The van der Waals surface area contributed by atoms with Gasteiger partial charge in [-0.05, 0) is 6.07 Å². The number of aliphatic hydroxyl groups excluding tert-OH is 4. The van der Waals surface area contributed by atoms with Crippen LogP contribution in [-0.2, 0) is 49.7 Å². The Labute approximate surface area is 264 Å². The molecule has 5 rings (SSSR count). The van der Waals surface area contributed by atoms with E-state index >= 15 is 0 Å². The molecule has 2 aliphatic rings. The first kappa shape index (κ1) is 35.3. The molecule has 2 aliphatic heterocycles. The van der Waals surface area contributed by atoms with Gasteiger partial charge in [0.05, 0.1) is 6.33 Å². The summed E-state index contributed by atoms with van der Waals surface area (Å²) in [5.74, 6) is -0.0203. The van der Waals surface area contributed by atoms with Gasteiger partial charge < -0.3 is 41.4 Å². The fraction of sp³-hybridized carbons (Fsp3) is 0.526. The van der Waals surface area contributed by atoms with Gasteiger partial charge in [0.25, 0.3) is 0 Å². The van der Waals surface area contributed by atoms with Crippen molar-refractivity contribution in [2.75, 3.05) is 24.7 Å². The first-order valence-corrected chi connectivity index (χ1v) is 17.2. The van der Waals surface area contributed by atoms with Crippen molar-refractivity contribution in [3.05, 3.63) is 35.4 Å². The van der Waals surface area contributed by atoms with Crippen LogP contribution in [0.25, 0.3) is 11.2 Å². The Bertz CT molecular complexity index is 1750. The van der Waals surface area contributed by atoms with Crippen LogP contribution in [0.1, 0.15) is 12.5 Å². The average Bonchev–Trinajstić information content (AvgIpc) is 3.65. The number of aromatic nitrogens is 6. The maximum atomic E-state index is 12.1.